The number of piperazine rings is 1. The zero-order chi connectivity index (χ0) is 35.0. The van der Waals surface area contributed by atoms with Gasteiger partial charge in [0.1, 0.15) is 29.1 Å². The summed E-state index contributed by atoms with van der Waals surface area (Å²) in [6.45, 7) is 11.2. The Morgan fingerprint density at radius 3 is 2.51 bits per heavy atom. The normalized spacial score (nSPS) is 18.6. The van der Waals surface area contributed by atoms with Crippen LogP contribution in [-0.2, 0) is 9.59 Å². The number of likely N-dealkylation sites (N-methyl/N-ethyl adjacent to an activating group) is 1. The maximum absolute atomic E-state index is 16.6. The second kappa shape index (κ2) is 11.6. The Kier molecular flexibility index (Phi) is 7.57. The van der Waals surface area contributed by atoms with Crippen LogP contribution in [0.2, 0.25) is 0 Å². The number of anilines is 2. The summed E-state index contributed by atoms with van der Waals surface area (Å²) in [5.41, 5.74) is 1.09. The third-order valence-corrected chi connectivity index (χ3v) is 9.72. The molecule has 4 aromatic rings. The second-order valence-corrected chi connectivity index (χ2v) is 13.1. The SMILES string of the molecule is C=CC(=O)N1CC2C(=O)N(C)c3c(c4cc(F)c(-c5c(F)ccc6c5C(=O)CC=C6)nc4n(-c4c(C)ccnc4C(C)C)c3=O)N2CC1C. The molecule has 10 nitrogen and oxygen atoms in total. The number of aryl methyl sites for hydroxylation is 1. The molecule has 3 aliphatic rings. The zero-order valence-corrected chi connectivity index (χ0v) is 27.8. The molecule has 7 rings (SSSR count). The van der Waals surface area contributed by atoms with Crippen LogP contribution in [0.5, 0.6) is 0 Å². The number of Topliss-reactive ketones (excluding diaryl/α,β-unsaturated/α-hetero) is 1. The standard InChI is InChI=1S/C37H34F2N6O4/c1-7-27(47)43-17-25-36(48)42(6)34-33(44(25)16-20(43)5)22-15-24(39)31(29-23(38)12-11-21-9-8-10-26(46)28(21)29)41-35(22)45(37(34)49)32-19(4)13-14-40-30(32)18(2)3/h7-9,11-15,18,20,25H,1,10,16-17H2,2-6H3. The Labute approximate surface area is 281 Å². The lowest BCUT2D eigenvalue weighted by molar-refractivity contribution is -0.130. The molecule has 2 amide bonds. The molecule has 250 valence electrons. The van der Waals surface area contributed by atoms with Crippen molar-refractivity contribution in [2.24, 2.45) is 0 Å². The lowest BCUT2D eigenvalue weighted by atomic mass is 9.89. The summed E-state index contributed by atoms with van der Waals surface area (Å²) in [6, 6.07) is 4.30. The first-order valence-corrected chi connectivity index (χ1v) is 16.1. The maximum atomic E-state index is 16.6. The number of aromatic nitrogens is 3. The van der Waals surface area contributed by atoms with Crippen molar-refractivity contribution in [3.63, 3.8) is 0 Å². The smallest absolute Gasteiger partial charge is 0.283 e. The first-order valence-electron chi connectivity index (χ1n) is 16.1. The number of halogens is 2. The van der Waals surface area contributed by atoms with Crippen LogP contribution in [0, 0.1) is 18.6 Å². The van der Waals surface area contributed by atoms with Gasteiger partial charge in [0.2, 0.25) is 5.91 Å². The van der Waals surface area contributed by atoms with Gasteiger partial charge in [-0.05, 0) is 55.2 Å². The van der Waals surface area contributed by atoms with Gasteiger partial charge in [0.15, 0.2) is 11.4 Å². The van der Waals surface area contributed by atoms with Gasteiger partial charge in [-0.15, -0.1) is 0 Å². The molecule has 1 fully saturated rings. The Hall–Kier alpha value is -5.52. The zero-order valence-electron chi connectivity index (χ0n) is 27.8. The highest BCUT2D eigenvalue weighted by Crippen LogP contribution is 2.44. The van der Waals surface area contributed by atoms with Gasteiger partial charge in [-0.25, -0.2) is 13.8 Å². The predicted molar refractivity (Wildman–Crippen MR) is 183 cm³/mol. The van der Waals surface area contributed by atoms with Crippen LogP contribution < -0.4 is 15.4 Å². The van der Waals surface area contributed by atoms with Gasteiger partial charge < -0.3 is 14.7 Å². The monoisotopic (exact) mass is 664 g/mol. The highest BCUT2D eigenvalue weighted by atomic mass is 19.1. The van der Waals surface area contributed by atoms with Crippen LogP contribution in [0.1, 0.15) is 60.3 Å². The molecule has 0 saturated carbocycles. The number of fused-ring (bicyclic) bond motifs is 6. The van der Waals surface area contributed by atoms with Crippen LogP contribution in [-0.4, -0.2) is 69.3 Å². The summed E-state index contributed by atoms with van der Waals surface area (Å²) < 4.78 is 33.7. The Bertz CT molecular complexity index is 2240. The molecule has 0 spiro atoms. The van der Waals surface area contributed by atoms with Crippen LogP contribution in [0.25, 0.3) is 34.1 Å². The Morgan fingerprint density at radius 2 is 1.80 bits per heavy atom. The van der Waals surface area contributed by atoms with Crippen LogP contribution >= 0.6 is 0 Å². The minimum Gasteiger partial charge on any atom is -0.354 e. The van der Waals surface area contributed by atoms with Crippen LogP contribution in [0.4, 0.5) is 20.2 Å². The average molecular weight is 665 g/mol. The summed E-state index contributed by atoms with van der Waals surface area (Å²) in [5.74, 6) is -3.03. The quantitative estimate of drug-likeness (QED) is 0.272. The maximum Gasteiger partial charge on any atom is 0.283 e. The summed E-state index contributed by atoms with van der Waals surface area (Å²) >= 11 is 0. The number of benzene rings is 1. The Balaban J connectivity index is 1.62. The molecular formula is C37H34F2N6O4. The summed E-state index contributed by atoms with van der Waals surface area (Å²) in [6.07, 6.45) is 6.19. The van der Waals surface area contributed by atoms with Crippen molar-refractivity contribution >= 4 is 46.1 Å². The molecule has 1 aromatic carbocycles. The minimum atomic E-state index is -0.911. The topological polar surface area (TPSA) is 109 Å². The van der Waals surface area contributed by atoms with Gasteiger partial charge in [0, 0.05) is 43.2 Å². The predicted octanol–water partition coefficient (Wildman–Crippen LogP) is 5.33. The van der Waals surface area contributed by atoms with Crippen molar-refractivity contribution in [3.8, 4) is 16.9 Å². The number of hydrogen-bond donors (Lipinski definition) is 0. The van der Waals surface area contributed by atoms with E-state index in [4.69, 9.17) is 4.98 Å². The van der Waals surface area contributed by atoms with Gasteiger partial charge >= 0.3 is 0 Å². The molecule has 0 bridgehead atoms. The van der Waals surface area contributed by atoms with E-state index in [9.17, 15) is 19.2 Å². The molecule has 1 saturated heterocycles. The third kappa shape index (κ3) is 4.72. The molecule has 0 N–H and O–H groups in total. The second-order valence-electron chi connectivity index (χ2n) is 13.1. The number of allylic oxidation sites excluding steroid dienone is 1. The fourth-order valence-corrected chi connectivity index (χ4v) is 7.37. The number of nitrogens with zero attached hydrogens (tertiary/aromatic N) is 6. The van der Waals surface area contributed by atoms with E-state index in [2.05, 4.69) is 11.6 Å². The number of hydrogen-bond acceptors (Lipinski definition) is 7. The first-order chi connectivity index (χ1) is 23.3. The van der Waals surface area contributed by atoms with E-state index in [1.807, 2.05) is 27.7 Å². The largest absolute Gasteiger partial charge is 0.354 e. The summed E-state index contributed by atoms with van der Waals surface area (Å²) in [7, 11) is 1.48. The van der Waals surface area contributed by atoms with Crippen LogP contribution in [0.3, 0.4) is 0 Å². The minimum absolute atomic E-state index is 0.00713. The van der Waals surface area contributed by atoms with E-state index in [0.29, 0.717) is 22.5 Å². The number of ketones is 1. The lowest BCUT2D eigenvalue weighted by Crippen LogP contribution is -2.66. The fraction of sp³-hybridized carbons (Fsp3) is 0.297. The van der Waals surface area contributed by atoms with Crippen LogP contribution in [0.15, 0.2) is 54.0 Å². The third-order valence-electron chi connectivity index (χ3n) is 9.72. The van der Waals surface area contributed by atoms with Gasteiger partial charge in [-0.1, -0.05) is 38.6 Å². The Morgan fingerprint density at radius 1 is 1.04 bits per heavy atom. The highest BCUT2D eigenvalue weighted by Gasteiger charge is 2.46. The lowest BCUT2D eigenvalue weighted by Gasteiger charge is -2.49. The van der Waals surface area contributed by atoms with Crippen molar-refractivity contribution < 1.29 is 23.2 Å². The number of pyridine rings is 3. The van der Waals surface area contributed by atoms with E-state index in [-0.39, 0.29) is 70.7 Å². The number of carbonyl (C=O) groups is 3. The summed E-state index contributed by atoms with van der Waals surface area (Å²) in [4.78, 5) is 68.6. The number of carbonyl (C=O) groups excluding carboxylic acids is 3. The van der Waals surface area contributed by atoms with Crippen molar-refractivity contribution in [1.82, 2.24) is 19.4 Å². The van der Waals surface area contributed by atoms with E-state index < -0.39 is 40.9 Å². The van der Waals surface area contributed by atoms with Gasteiger partial charge in [-0.2, -0.15) is 0 Å². The van der Waals surface area contributed by atoms with E-state index >= 15 is 8.78 Å². The van der Waals surface area contributed by atoms with Crippen molar-refractivity contribution in [2.45, 2.75) is 52.1 Å². The first kappa shape index (κ1) is 32.0. The van der Waals surface area contributed by atoms with E-state index in [1.165, 1.54) is 40.8 Å². The molecule has 2 atom stereocenters. The van der Waals surface area contributed by atoms with Crippen molar-refractivity contribution in [2.75, 3.05) is 29.9 Å². The average Bonchev–Trinajstić information content (AvgIpc) is 3.07. The molecule has 2 aliphatic heterocycles. The van der Waals surface area contributed by atoms with Gasteiger partial charge in [0.05, 0.1) is 29.2 Å². The fourth-order valence-electron chi connectivity index (χ4n) is 7.37. The summed E-state index contributed by atoms with van der Waals surface area (Å²) in [5, 5.41) is 0.199. The van der Waals surface area contributed by atoms with E-state index in [1.54, 1.807) is 34.2 Å². The highest BCUT2D eigenvalue weighted by molar-refractivity contribution is 6.12. The molecule has 3 aromatic heterocycles. The van der Waals surface area contributed by atoms with Gasteiger partial charge in [0.25, 0.3) is 11.5 Å². The number of amides is 2. The van der Waals surface area contributed by atoms with E-state index in [0.717, 1.165) is 0 Å². The molecule has 2 unspecified atom stereocenters. The molecular weight excluding hydrogens is 630 g/mol. The number of rotatable bonds is 4. The van der Waals surface area contributed by atoms with Crippen molar-refractivity contribution in [1.29, 1.82) is 0 Å². The molecule has 12 heteroatoms. The van der Waals surface area contributed by atoms with Crippen molar-refractivity contribution in [3.05, 3.63) is 93.6 Å². The van der Waals surface area contributed by atoms with Gasteiger partial charge in [-0.3, -0.25) is 28.7 Å². The molecule has 49 heavy (non-hydrogen) atoms. The molecule has 0 radical (unpaired) electrons. The molecule has 5 heterocycles. The molecule has 1 aliphatic carbocycles.